The van der Waals surface area contributed by atoms with E-state index < -0.39 is 0 Å². The average Bonchev–Trinajstić information content (AvgIpc) is 2.77. The highest BCUT2D eigenvalue weighted by atomic mass is 79.9. The molecule has 0 aliphatic heterocycles. The Morgan fingerprint density at radius 2 is 2.05 bits per heavy atom. The molecule has 0 amide bonds. The average molecular weight is 361 g/mol. The van der Waals surface area contributed by atoms with Crippen molar-refractivity contribution in [1.29, 1.82) is 0 Å². The summed E-state index contributed by atoms with van der Waals surface area (Å²) in [7, 11) is 0. The van der Waals surface area contributed by atoms with Crippen LogP contribution in [0.15, 0.2) is 40.2 Å². The lowest BCUT2D eigenvalue weighted by Gasteiger charge is -2.02. The Kier molecular flexibility index (Phi) is 3.98. The fourth-order valence-electron chi connectivity index (χ4n) is 2.01. The molecular formula is C15H13BrN4S. The summed E-state index contributed by atoms with van der Waals surface area (Å²) < 4.78 is 1.01. The molecule has 1 N–H and O–H groups in total. The molecule has 0 spiro atoms. The predicted molar refractivity (Wildman–Crippen MR) is 92.2 cm³/mol. The number of aryl methyl sites for hydroxylation is 2. The topological polar surface area (TPSA) is 50.2 Å². The number of fused-ring (bicyclic) bond motifs is 1. The third kappa shape index (κ3) is 2.82. The summed E-state index contributed by atoms with van der Waals surface area (Å²) in [6, 6.07) is 7.92. The van der Waals surface area contributed by atoms with Gasteiger partial charge in [0.1, 0.15) is 11.2 Å². The molecule has 6 heteroatoms. The minimum atomic E-state index is 0.741. The van der Waals surface area contributed by atoms with Gasteiger partial charge in [-0.3, -0.25) is 5.43 Å². The fourth-order valence-corrected chi connectivity index (χ4v) is 3.39. The van der Waals surface area contributed by atoms with Crippen LogP contribution in [-0.2, 0) is 0 Å². The zero-order chi connectivity index (χ0) is 14.8. The lowest BCUT2D eigenvalue weighted by Crippen LogP contribution is -1.95. The molecule has 3 rings (SSSR count). The van der Waals surface area contributed by atoms with Gasteiger partial charge in [-0.15, -0.1) is 11.3 Å². The van der Waals surface area contributed by atoms with E-state index in [2.05, 4.69) is 50.3 Å². The Morgan fingerprint density at radius 1 is 1.24 bits per heavy atom. The van der Waals surface area contributed by atoms with E-state index in [-0.39, 0.29) is 0 Å². The van der Waals surface area contributed by atoms with Crippen LogP contribution in [0, 0.1) is 13.8 Å². The van der Waals surface area contributed by atoms with Gasteiger partial charge in [0.2, 0.25) is 0 Å². The number of hydrogen-bond acceptors (Lipinski definition) is 5. The van der Waals surface area contributed by atoms with Gasteiger partial charge in [-0.25, -0.2) is 9.97 Å². The van der Waals surface area contributed by atoms with E-state index in [9.17, 15) is 0 Å². The SMILES string of the molecule is Cc1sc2ncnc(N/N=C/c3ccccc3Br)c2c1C. The first kappa shape index (κ1) is 14.2. The number of halogens is 1. The molecule has 0 atom stereocenters. The first-order valence-corrected chi connectivity index (χ1v) is 8.02. The van der Waals surface area contributed by atoms with Crippen molar-refractivity contribution in [2.45, 2.75) is 13.8 Å². The second-order valence-corrected chi connectivity index (χ2v) is 6.63. The van der Waals surface area contributed by atoms with Gasteiger partial charge < -0.3 is 0 Å². The Morgan fingerprint density at radius 3 is 2.86 bits per heavy atom. The lowest BCUT2D eigenvalue weighted by molar-refractivity contribution is 1.19. The number of nitrogens with one attached hydrogen (secondary N) is 1. The van der Waals surface area contributed by atoms with Gasteiger partial charge >= 0.3 is 0 Å². The molecule has 106 valence electrons. The first-order chi connectivity index (χ1) is 10.2. The minimum absolute atomic E-state index is 0.741. The summed E-state index contributed by atoms with van der Waals surface area (Å²) in [6.07, 6.45) is 3.33. The second-order valence-electron chi connectivity index (χ2n) is 4.58. The minimum Gasteiger partial charge on any atom is -0.261 e. The number of aromatic nitrogens is 2. The first-order valence-electron chi connectivity index (χ1n) is 6.41. The maximum atomic E-state index is 4.31. The van der Waals surface area contributed by atoms with Gasteiger partial charge in [0.25, 0.3) is 0 Å². The number of hydrogen-bond donors (Lipinski definition) is 1. The zero-order valence-electron chi connectivity index (χ0n) is 11.6. The standard InChI is InChI=1S/C15H13BrN4S/c1-9-10(2)21-15-13(9)14(17-8-18-15)20-19-7-11-5-3-4-6-12(11)16/h3-8H,1-2H3,(H,17,18,20)/b19-7+. The maximum absolute atomic E-state index is 4.31. The van der Waals surface area contributed by atoms with Crippen molar-refractivity contribution in [2.24, 2.45) is 5.10 Å². The number of nitrogens with zero attached hydrogens (tertiary/aromatic N) is 3. The van der Waals surface area contributed by atoms with Crippen LogP contribution in [0.3, 0.4) is 0 Å². The third-order valence-corrected chi connectivity index (χ3v) is 5.08. The smallest absolute Gasteiger partial charge is 0.158 e. The van der Waals surface area contributed by atoms with Crippen LogP contribution in [0.5, 0.6) is 0 Å². The number of hydrazone groups is 1. The molecule has 0 fully saturated rings. The molecule has 0 saturated heterocycles. The number of thiophene rings is 1. The molecule has 2 heterocycles. The molecule has 3 aromatic rings. The number of benzene rings is 1. The molecule has 21 heavy (non-hydrogen) atoms. The predicted octanol–water partition coefficient (Wildman–Crippen LogP) is 4.52. The van der Waals surface area contributed by atoms with E-state index >= 15 is 0 Å². The van der Waals surface area contributed by atoms with E-state index in [0.29, 0.717) is 0 Å². The molecule has 0 radical (unpaired) electrons. The zero-order valence-corrected chi connectivity index (χ0v) is 14.0. The molecule has 1 aromatic carbocycles. The second kappa shape index (κ2) is 5.91. The highest BCUT2D eigenvalue weighted by Gasteiger charge is 2.11. The van der Waals surface area contributed by atoms with Crippen molar-refractivity contribution in [1.82, 2.24) is 9.97 Å². The van der Waals surface area contributed by atoms with Crippen LogP contribution >= 0.6 is 27.3 Å². The van der Waals surface area contributed by atoms with Crippen LogP contribution < -0.4 is 5.43 Å². The van der Waals surface area contributed by atoms with Crippen molar-refractivity contribution in [3.05, 3.63) is 51.1 Å². The Bertz CT molecular complexity index is 826. The van der Waals surface area contributed by atoms with Gasteiger partial charge in [-0.05, 0) is 25.5 Å². The van der Waals surface area contributed by atoms with E-state index in [1.54, 1.807) is 23.9 Å². The van der Waals surface area contributed by atoms with Crippen molar-refractivity contribution in [3.8, 4) is 0 Å². The molecule has 0 unspecified atom stereocenters. The summed E-state index contributed by atoms with van der Waals surface area (Å²) >= 11 is 5.17. The highest BCUT2D eigenvalue weighted by Crippen LogP contribution is 2.32. The monoisotopic (exact) mass is 360 g/mol. The van der Waals surface area contributed by atoms with Crippen LogP contribution in [-0.4, -0.2) is 16.2 Å². The van der Waals surface area contributed by atoms with Crippen LogP contribution in [0.2, 0.25) is 0 Å². The van der Waals surface area contributed by atoms with E-state index in [4.69, 9.17) is 0 Å². The molecule has 0 aliphatic rings. The summed E-state index contributed by atoms with van der Waals surface area (Å²) in [5, 5.41) is 5.33. The van der Waals surface area contributed by atoms with E-state index in [1.807, 2.05) is 24.3 Å². The van der Waals surface area contributed by atoms with Crippen molar-refractivity contribution in [3.63, 3.8) is 0 Å². The summed E-state index contributed by atoms with van der Waals surface area (Å²) in [5.74, 6) is 0.741. The van der Waals surface area contributed by atoms with Crippen LogP contribution in [0.1, 0.15) is 16.0 Å². The summed E-state index contributed by atoms with van der Waals surface area (Å²) in [5.41, 5.74) is 5.23. The fraction of sp³-hybridized carbons (Fsp3) is 0.133. The van der Waals surface area contributed by atoms with Gasteiger partial charge in [-0.2, -0.15) is 5.10 Å². The van der Waals surface area contributed by atoms with Crippen molar-refractivity contribution in [2.75, 3.05) is 5.43 Å². The number of rotatable bonds is 3. The molecule has 0 saturated carbocycles. The number of anilines is 1. The van der Waals surface area contributed by atoms with Gasteiger partial charge in [0, 0.05) is 14.9 Å². The van der Waals surface area contributed by atoms with Crippen LogP contribution in [0.25, 0.3) is 10.2 Å². The Labute approximate surface area is 135 Å². The van der Waals surface area contributed by atoms with Crippen molar-refractivity contribution < 1.29 is 0 Å². The quantitative estimate of drug-likeness (QED) is 0.551. The van der Waals surface area contributed by atoms with Crippen molar-refractivity contribution >= 4 is 49.5 Å². The molecule has 2 aromatic heterocycles. The third-order valence-electron chi connectivity index (χ3n) is 3.24. The van der Waals surface area contributed by atoms with Crippen LogP contribution in [0.4, 0.5) is 5.82 Å². The Balaban J connectivity index is 1.91. The van der Waals surface area contributed by atoms with Gasteiger partial charge in [0.05, 0.1) is 11.6 Å². The molecule has 4 nitrogen and oxygen atoms in total. The largest absolute Gasteiger partial charge is 0.261 e. The molecule has 0 bridgehead atoms. The van der Waals surface area contributed by atoms with Gasteiger partial charge in [-0.1, -0.05) is 34.1 Å². The van der Waals surface area contributed by atoms with Gasteiger partial charge in [0.15, 0.2) is 5.82 Å². The normalized spacial score (nSPS) is 11.4. The highest BCUT2D eigenvalue weighted by molar-refractivity contribution is 9.10. The Hall–Kier alpha value is -1.79. The molecule has 0 aliphatic carbocycles. The lowest BCUT2D eigenvalue weighted by atomic mass is 10.2. The summed E-state index contributed by atoms with van der Waals surface area (Å²) in [4.78, 5) is 10.8. The van der Waals surface area contributed by atoms with E-state index in [0.717, 1.165) is 26.1 Å². The van der Waals surface area contributed by atoms with E-state index in [1.165, 1.54) is 10.4 Å². The maximum Gasteiger partial charge on any atom is 0.158 e. The molecular weight excluding hydrogens is 348 g/mol. The summed E-state index contributed by atoms with van der Waals surface area (Å²) in [6.45, 7) is 4.18.